The van der Waals surface area contributed by atoms with E-state index in [-0.39, 0.29) is 0 Å². The summed E-state index contributed by atoms with van der Waals surface area (Å²) >= 11 is 0. The fourth-order valence-electron chi connectivity index (χ4n) is 3.10. The molecule has 2 aromatic heterocycles. The second kappa shape index (κ2) is 9.16. The maximum absolute atomic E-state index is 4.66. The van der Waals surface area contributed by atoms with Crippen molar-refractivity contribution in [3.05, 3.63) is 59.7 Å². The predicted octanol–water partition coefficient (Wildman–Crippen LogP) is 3.19. The normalized spacial score (nSPS) is 11.7. The summed E-state index contributed by atoms with van der Waals surface area (Å²) in [4.78, 5) is 13.7. The van der Waals surface area contributed by atoms with Crippen molar-refractivity contribution >= 4 is 17.0 Å². The highest BCUT2D eigenvalue weighted by atomic mass is 15.2. The van der Waals surface area contributed by atoms with Crippen molar-refractivity contribution in [1.82, 2.24) is 25.2 Å². The predicted molar refractivity (Wildman–Crippen MR) is 111 cm³/mol. The van der Waals surface area contributed by atoms with Crippen molar-refractivity contribution in [3.63, 3.8) is 0 Å². The van der Waals surface area contributed by atoms with Gasteiger partial charge >= 0.3 is 0 Å². The number of hydrogen-bond acceptors (Lipinski definition) is 3. The Morgan fingerprint density at radius 1 is 1.11 bits per heavy atom. The van der Waals surface area contributed by atoms with Crippen LogP contribution < -0.4 is 10.6 Å². The molecule has 2 heterocycles. The molecule has 3 rings (SSSR count). The van der Waals surface area contributed by atoms with Crippen LogP contribution in [0.4, 0.5) is 0 Å². The molecule has 27 heavy (non-hydrogen) atoms. The second-order valence-electron chi connectivity index (χ2n) is 6.54. The van der Waals surface area contributed by atoms with Gasteiger partial charge in [0.05, 0.1) is 23.3 Å². The molecule has 0 saturated heterocycles. The van der Waals surface area contributed by atoms with Gasteiger partial charge in [0, 0.05) is 25.8 Å². The molecule has 0 spiro atoms. The molecule has 0 bridgehead atoms. The number of rotatable bonds is 7. The zero-order valence-electron chi connectivity index (χ0n) is 16.4. The quantitative estimate of drug-likeness (QED) is 0.384. The number of benzene rings is 1. The summed E-state index contributed by atoms with van der Waals surface area (Å²) in [6.45, 7) is 9.39. The number of nitrogens with zero attached hydrogens (tertiary/aromatic N) is 4. The van der Waals surface area contributed by atoms with Gasteiger partial charge in [0.15, 0.2) is 5.96 Å². The Kier molecular flexibility index (Phi) is 6.41. The van der Waals surface area contributed by atoms with Gasteiger partial charge in [-0.1, -0.05) is 18.2 Å². The molecule has 0 atom stereocenters. The fraction of sp³-hybridized carbons (Fsp3) is 0.381. The number of aliphatic imine (C=N–C) groups is 1. The average molecular weight is 364 g/mol. The van der Waals surface area contributed by atoms with Crippen LogP contribution in [0.3, 0.4) is 0 Å². The molecular formula is C21H28N6. The third-order valence-corrected chi connectivity index (χ3v) is 4.55. The highest BCUT2D eigenvalue weighted by molar-refractivity contribution is 5.79. The van der Waals surface area contributed by atoms with E-state index < -0.39 is 0 Å². The maximum Gasteiger partial charge on any atom is 0.191 e. The van der Waals surface area contributed by atoms with E-state index in [2.05, 4.69) is 75.2 Å². The second-order valence-corrected chi connectivity index (χ2v) is 6.54. The van der Waals surface area contributed by atoms with Crippen molar-refractivity contribution in [1.29, 1.82) is 0 Å². The van der Waals surface area contributed by atoms with Crippen molar-refractivity contribution in [2.75, 3.05) is 13.1 Å². The SMILES string of the molecule is CCNC(=NCc1ncccc1C)NCCCn1c(C)nc2ccccc21. The van der Waals surface area contributed by atoms with Gasteiger partial charge in [-0.05, 0) is 51.0 Å². The minimum Gasteiger partial charge on any atom is -0.357 e. The summed E-state index contributed by atoms with van der Waals surface area (Å²) in [5, 5.41) is 6.72. The fourth-order valence-corrected chi connectivity index (χ4v) is 3.10. The smallest absolute Gasteiger partial charge is 0.191 e. The van der Waals surface area contributed by atoms with Gasteiger partial charge in [0.1, 0.15) is 5.82 Å². The van der Waals surface area contributed by atoms with E-state index in [9.17, 15) is 0 Å². The van der Waals surface area contributed by atoms with Crippen LogP contribution in [0.15, 0.2) is 47.6 Å². The van der Waals surface area contributed by atoms with E-state index in [1.54, 1.807) is 0 Å². The molecule has 142 valence electrons. The lowest BCUT2D eigenvalue weighted by Gasteiger charge is -2.12. The summed E-state index contributed by atoms with van der Waals surface area (Å²) in [5.74, 6) is 1.89. The summed E-state index contributed by atoms with van der Waals surface area (Å²) < 4.78 is 2.28. The van der Waals surface area contributed by atoms with Gasteiger partial charge < -0.3 is 15.2 Å². The first-order valence-corrected chi connectivity index (χ1v) is 9.53. The monoisotopic (exact) mass is 364 g/mol. The molecular weight excluding hydrogens is 336 g/mol. The van der Waals surface area contributed by atoms with E-state index in [1.165, 1.54) is 11.1 Å². The summed E-state index contributed by atoms with van der Waals surface area (Å²) in [5.41, 5.74) is 4.43. The molecule has 0 aliphatic carbocycles. The van der Waals surface area contributed by atoms with Crippen molar-refractivity contribution < 1.29 is 0 Å². The molecule has 2 N–H and O–H groups in total. The first-order chi connectivity index (χ1) is 13.2. The van der Waals surface area contributed by atoms with Crippen molar-refractivity contribution in [2.24, 2.45) is 4.99 Å². The number of aryl methyl sites for hydroxylation is 3. The number of fused-ring (bicyclic) bond motifs is 1. The Bertz CT molecular complexity index is 912. The summed E-state index contributed by atoms with van der Waals surface area (Å²) in [6.07, 6.45) is 2.81. The van der Waals surface area contributed by atoms with Gasteiger partial charge in [-0.3, -0.25) is 4.98 Å². The van der Waals surface area contributed by atoms with Crippen molar-refractivity contribution in [3.8, 4) is 0 Å². The molecule has 3 aromatic rings. The molecule has 0 radical (unpaired) electrons. The molecule has 6 heteroatoms. The molecule has 0 fully saturated rings. The number of aromatic nitrogens is 3. The zero-order valence-corrected chi connectivity index (χ0v) is 16.4. The molecule has 1 aromatic carbocycles. The van der Waals surface area contributed by atoms with E-state index in [4.69, 9.17) is 0 Å². The number of pyridine rings is 1. The largest absolute Gasteiger partial charge is 0.357 e. The highest BCUT2D eigenvalue weighted by Crippen LogP contribution is 2.15. The molecule has 0 amide bonds. The van der Waals surface area contributed by atoms with Crippen LogP contribution in [0.1, 0.15) is 30.4 Å². The Morgan fingerprint density at radius 3 is 2.78 bits per heavy atom. The number of nitrogens with one attached hydrogen (secondary N) is 2. The number of guanidine groups is 1. The summed E-state index contributed by atoms with van der Waals surface area (Å²) in [6, 6.07) is 12.3. The van der Waals surface area contributed by atoms with Crippen LogP contribution in [0.2, 0.25) is 0 Å². The van der Waals surface area contributed by atoms with Crippen LogP contribution >= 0.6 is 0 Å². The lowest BCUT2D eigenvalue weighted by Crippen LogP contribution is -2.38. The highest BCUT2D eigenvalue weighted by Gasteiger charge is 2.06. The number of hydrogen-bond donors (Lipinski definition) is 2. The van der Waals surface area contributed by atoms with Gasteiger partial charge in [-0.25, -0.2) is 9.98 Å². The number of imidazole rings is 1. The van der Waals surface area contributed by atoms with Crippen LogP contribution in [-0.4, -0.2) is 33.6 Å². The maximum atomic E-state index is 4.66. The third kappa shape index (κ3) is 4.84. The van der Waals surface area contributed by atoms with E-state index >= 15 is 0 Å². The zero-order chi connectivity index (χ0) is 19.1. The van der Waals surface area contributed by atoms with Gasteiger partial charge in [-0.15, -0.1) is 0 Å². The minimum absolute atomic E-state index is 0.577. The Hall–Kier alpha value is -2.89. The first-order valence-electron chi connectivity index (χ1n) is 9.53. The van der Waals surface area contributed by atoms with Crippen LogP contribution in [0.5, 0.6) is 0 Å². The number of para-hydroxylation sites is 2. The molecule has 6 nitrogen and oxygen atoms in total. The minimum atomic E-state index is 0.577. The Labute approximate surface area is 160 Å². The lowest BCUT2D eigenvalue weighted by molar-refractivity contribution is 0.624. The van der Waals surface area contributed by atoms with Crippen LogP contribution in [0, 0.1) is 13.8 Å². The Balaban J connectivity index is 1.56. The average Bonchev–Trinajstić information content (AvgIpc) is 2.99. The Morgan fingerprint density at radius 2 is 1.96 bits per heavy atom. The van der Waals surface area contributed by atoms with E-state index in [0.717, 1.165) is 49.0 Å². The van der Waals surface area contributed by atoms with E-state index in [0.29, 0.717) is 6.54 Å². The third-order valence-electron chi connectivity index (χ3n) is 4.55. The summed E-state index contributed by atoms with van der Waals surface area (Å²) in [7, 11) is 0. The molecule has 0 unspecified atom stereocenters. The van der Waals surface area contributed by atoms with Crippen molar-refractivity contribution in [2.45, 2.75) is 40.3 Å². The van der Waals surface area contributed by atoms with E-state index in [1.807, 2.05) is 18.3 Å². The molecule has 0 aliphatic rings. The van der Waals surface area contributed by atoms with Crippen LogP contribution in [0.25, 0.3) is 11.0 Å². The van der Waals surface area contributed by atoms with Gasteiger partial charge in [0.2, 0.25) is 0 Å². The standard InChI is InChI=1S/C21H28N6/c1-4-22-21(25-15-19-16(2)9-7-12-23-19)24-13-8-14-27-17(3)26-18-10-5-6-11-20(18)27/h5-7,9-12H,4,8,13-15H2,1-3H3,(H2,22,24,25). The lowest BCUT2D eigenvalue weighted by atomic mass is 10.2. The van der Waals surface area contributed by atoms with Gasteiger partial charge in [0.25, 0.3) is 0 Å². The van der Waals surface area contributed by atoms with Crippen LogP contribution in [-0.2, 0) is 13.1 Å². The van der Waals surface area contributed by atoms with Gasteiger partial charge in [-0.2, -0.15) is 0 Å². The topological polar surface area (TPSA) is 67.1 Å². The first kappa shape index (κ1) is 18.9. The molecule has 0 aliphatic heterocycles. The molecule has 0 saturated carbocycles.